The molecule has 6 heteroatoms. The average molecular weight is 258 g/mol. The van der Waals surface area contributed by atoms with Crippen LogP contribution in [0.5, 0.6) is 0 Å². The fraction of sp³-hybridized carbons (Fsp3) is 0.667. The van der Waals surface area contributed by atoms with Crippen LogP contribution in [0.1, 0.15) is 20.3 Å². The van der Waals surface area contributed by atoms with Crippen LogP contribution < -0.4 is 5.32 Å². The van der Waals surface area contributed by atoms with E-state index >= 15 is 0 Å². The lowest BCUT2D eigenvalue weighted by molar-refractivity contribution is -0.146. The molecule has 0 spiro atoms. The number of amides is 2. The van der Waals surface area contributed by atoms with E-state index in [-0.39, 0.29) is 0 Å². The second kappa shape index (κ2) is 7.71. The van der Waals surface area contributed by atoms with Crippen LogP contribution in [0.4, 0.5) is 4.79 Å². The number of aliphatic carboxylic acids is 1. The standard InChI is InChI=1S/C12H22N2O4/c1-5-6-8-18-9-7-13-11(17)14(4)12(2,3)10(15)16/h5H,1,6-9H2,2-4H3,(H,13,17)(H,15,16). The molecule has 6 nitrogen and oxygen atoms in total. The Morgan fingerprint density at radius 2 is 2.06 bits per heavy atom. The summed E-state index contributed by atoms with van der Waals surface area (Å²) in [6, 6.07) is -0.435. The van der Waals surface area contributed by atoms with Crippen LogP contribution in [-0.4, -0.2) is 54.4 Å². The van der Waals surface area contributed by atoms with E-state index in [0.717, 1.165) is 11.3 Å². The highest BCUT2D eigenvalue weighted by Crippen LogP contribution is 2.11. The number of nitrogens with one attached hydrogen (secondary N) is 1. The number of carbonyl (C=O) groups excluding carboxylic acids is 1. The van der Waals surface area contributed by atoms with Crippen LogP contribution in [-0.2, 0) is 9.53 Å². The maximum absolute atomic E-state index is 11.7. The van der Waals surface area contributed by atoms with Gasteiger partial charge >= 0.3 is 12.0 Å². The van der Waals surface area contributed by atoms with Crippen molar-refractivity contribution in [2.24, 2.45) is 0 Å². The zero-order valence-corrected chi connectivity index (χ0v) is 11.2. The summed E-state index contributed by atoms with van der Waals surface area (Å²) in [5.74, 6) is -1.05. The van der Waals surface area contributed by atoms with Crippen molar-refractivity contribution in [1.29, 1.82) is 0 Å². The minimum absolute atomic E-state index is 0.343. The van der Waals surface area contributed by atoms with Gasteiger partial charge in [-0.3, -0.25) is 0 Å². The summed E-state index contributed by atoms with van der Waals surface area (Å²) >= 11 is 0. The molecular weight excluding hydrogens is 236 g/mol. The summed E-state index contributed by atoms with van der Waals surface area (Å²) in [7, 11) is 1.45. The van der Waals surface area contributed by atoms with Gasteiger partial charge in [0.1, 0.15) is 5.54 Å². The van der Waals surface area contributed by atoms with E-state index < -0.39 is 17.5 Å². The Balaban J connectivity index is 3.95. The molecular formula is C12H22N2O4. The Morgan fingerprint density at radius 1 is 1.44 bits per heavy atom. The monoisotopic (exact) mass is 258 g/mol. The van der Waals surface area contributed by atoms with Crippen molar-refractivity contribution in [1.82, 2.24) is 10.2 Å². The molecule has 0 heterocycles. The lowest BCUT2D eigenvalue weighted by atomic mass is 10.1. The molecule has 0 saturated carbocycles. The van der Waals surface area contributed by atoms with E-state index in [9.17, 15) is 9.59 Å². The summed E-state index contributed by atoms with van der Waals surface area (Å²) in [6.45, 7) is 7.80. The van der Waals surface area contributed by atoms with Crippen molar-refractivity contribution in [3.63, 3.8) is 0 Å². The first-order valence-corrected chi connectivity index (χ1v) is 5.77. The highest BCUT2D eigenvalue weighted by atomic mass is 16.5. The van der Waals surface area contributed by atoms with E-state index in [1.165, 1.54) is 20.9 Å². The van der Waals surface area contributed by atoms with Crippen LogP contribution in [0.2, 0.25) is 0 Å². The van der Waals surface area contributed by atoms with E-state index in [1.807, 2.05) is 0 Å². The molecule has 0 aromatic heterocycles. The summed E-state index contributed by atoms with van der Waals surface area (Å²) in [6.07, 6.45) is 2.52. The smallest absolute Gasteiger partial charge is 0.329 e. The van der Waals surface area contributed by atoms with E-state index in [2.05, 4.69) is 11.9 Å². The van der Waals surface area contributed by atoms with Crippen LogP contribution in [0.3, 0.4) is 0 Å². The summed E-state index contributed by atoms with van der Waals surface area (Å²) in [5, 5.41) is 11.6. The highest BCUT2D eigenvalue weighted by Gasteiger charge is 2.34. The summed E-state index contributed by atoms with van der Waals surface area (Å²) in [4.78, 5) is 23.8. The fourth-order valence-corrected chi connectivity index (χ4v) is 1.01. The number of carboxylic acids is 1. The van der Waals surface area contributed by atoms with Gasteiger partial charge in [0.05, 0.1) is 13.2 Å². The van der Waals surface area contributed by atoms with Gasteiger partial charge in [-0.05, 0) is 20.3 Å². The molecule has 2 amide bonds. The Labute approximate surface area is 108 Å². The van der Waals surface area contributed by atoms with E-state index in [4.69, 9.17) is 9.84 Å². The maximum Gasteiger partial charge on any atom is 0.329 e. The number of likely N-dealkylation sites (N-methyl/N-ethyl adjacent to an activating group) is 1. The van der Waals surface area contributed by atoms with Gasteiger partial charge in [0.25, 0.3) is 0 Å². The van der Waals surface area contributed by atoms with Crippen LogP contribution in [0, 0.1) is 0 Å². The topological polar surface area (TPSA) is 78.9 Å². The molecule has 0 aromatic carbocycles. The molecule has 104 valence electrons. The molecule has 0 aliphatic rings. The number of ether oxygens (including phenoxy) is 1. The van der Waals surface area contributed by atoms with E-state index in [1.54, 1.807) is 6.08 Å². The number of hydrogen-bond donors (Lipinski definition) is 2. The zero-order chi connectivity index (χ0) is 14.2. The van der Waals surface area contributed by atoms with Crippen molar-refractivity contribution in [2.45, 2.75) is 25.8 Å². The van der Waals surface area contributed by atoms with Crippen LogP contribution in [0.15, 0.2) is 12.7 Å². The van der Waals surface area contributed by atoms with Gasteiger partial charge in [-0.25, -0.2) is 9.59 Å². The van der Waals surface area contributed by atoms with Gasteiger partial charge < -0.3 is 20.1 Å². The van der Waals surface area contributed by atoms with Crippen molar-refractivity contribution in [2.75, 3.05) is 26.8 Å². The average Bonchev–Trinajstić information content (AvgIpc) is 2.32. The molecule has 0 radical (unpaired) electrons. The van der Waals surface area contributed by atoms with Crippen molar-refractivity contribution in [3.8, 4) is 0 Å². The Bertz CT molecular complexity index is 302. The maximum atomic E-state index is 11.7. The van der Waals surface area contributed by atoms with Gasteiger partial charge in [0, 0.05) is 13.6 Å². The minimum atomic E-state index is -1.24. The van der Waals surface area contributed by atoms with Gasteiger partial charge in [0.15, 0.2) is 0 Å². The number of carboxylic acid groups (broad SMARTS) is 1. The Morgan fingerprint density at radius 3 is 2.56 bits per heavy atom. The largest absolute Gasteiger partial charge is 0.480 e. The molecule has 0 aliphatic carbocycles. The molecule has 0 aliphatic heterocycles. The van der Waals surface area contributed by atoms with Crippen molar-refractivity contribution in [3.05, 3.63) is 12.7 Å². The molecule has 0 bridgehead atoms. The number of hydrogen-bond acceptors (Lipinski definition) is 3. The molecule has 0 saturated heterocycles. The summed E-state index contributed by atoms with van der Waals surface area (Å²) < 4.78 is 5.22. The predicted molar refractivity (Wildman–Crippen MR) is 68.5 cm³/mol. The second-order valence-electron chi connectivity index (χ2n) is 4.34. The number of carbonyl (C=O) groups is 2. The van der Waals surface area contributed by atoms with E-state index in [0.29, 0.717) is 19.8 Å². The Kier molecular flexibility index (Phi) is 7.04. The zero-order valence-electron chi connectivity index (χ0n) is 11.2. The summed E-state index contributed by atoms with van der Waals surface area (Å²) in [5.41, 5.74) is -1.24. The molecule has 2 N–H and O–H groups in total. The number of rotatable bonds is 8. The number of urea groups is 1. The van der Waals surface area contributed by atoms with Gasteiger partial charge in [0.2, 0.25) is 0 Å². The lowest BCUT2D eigenvalue weighted by Gasteiger charge is -2.31. The molecule has 0 fully saturated rings. The fourth-order valence-electron chi connectivity index (χ4n) is 1.01. The normalized spacial score (nSPS) is 10.8. The van der Waals surface area contributed by atoms with Crippen LogP contribution in [0.25, 0.3) is 0 Å². The third-order valence-corrected chi connectivity index (χ3v) is 2.66. The highest BCUT2D eigenvalue weighted by molar-refractivity contribution is 5.85. The molecule has 0 atom stereocenters. The minimum Gasteiger partial charge on any atom is -0.480 e. The van der Waals surface area contributed by atoms with Gasteiger partial charge in [-0.1, -0.05) is 6.08 Å². The lowest BCUT2D eigenvalue weighted by Crippen LogP contribution is -2.54. The molecule has 0 rings (SSSR count). The molecule has 18 heavy (non-hydrogen) atoms. The first-order valence-electron chi connectivity index (χ1n) is 5.77. The first-order chi connectivity index (χ1) is 8.34. The third kappa shape index (κ3) is 5.18. The first kappa shape index (κ1) is 16.4. The molecule has 0 aromatic rings. The number of nitrogens with zero attached hydrogens (tertiary/aromatic N) is 1. The van der Waals surface area contributed by atoms with Gasteiger partial charge in [-0.15, -0.1) is 6.58 Å². The quantitative estimate of drug-likeness (QED) is 0.504. The predicted octanol–water partition coefficient (Wildman–Crippen LogP) is 1.08. The SMILES string of the molecule is C=CCCOCCNC(=O)N(C)C(C)(C)C(=O)O. The van der Waals surface area contributed by atoms with Crippen molar-refractivity contribution >= 4 is 12.0 Å². The third-order valence-electron chi connectivity index (χ3n) is 2.66. The van der Waals surface area contributed by atoms with Crippen LogP contribution >= 0.6 is 0 Å². The van der Waals surface area contributed by atoms with Gasteiger partial charge in [-0.2, -0.15) is 0 Å². The molecule has 0 unspecified atom stereocenters. The van der Waals surface area contributed by atoms with Crippen molar-refractivity contribution < 1.29 is 19.4 Å². The second-order valence-corrected chi connectivity index (χ2v) is 4.34. The Hall–Kier alpha value is -1.56.